The van der Waals surface area contributed by atoms with Crippen molar-refractivity contribution < 1.29 is 19.4 Å². The molecule has 1 aromatic heterocycles. The second-order valence-corrected chi connectivity index (χ2v) is 18.3. The second kappa shape index (κ2) is 11.1. The molecule has 0 amide bonds. The predicted octanol–water partition coefficient (Wildman–Crippen LogP) is 6.56. The number of aromatic nitrogens is 4. The van der Waals surface area contributed by atoms with Crippen LogP contribution in [0.2, 0.25) is 0 Å². The zero-order chi connectivity index (χ0) is 33.7. The summed E-state index contributed by atoms with van der Waals surface area (Å²) in [6.07, 6.45) is 9.87. The van der Waals surface area contributed by atoms with Gasteiger partial charge in [-0.05, 0) is 102 Å². The van der Waals surface area contributed by atoms with Crippen LogP contribution >= 0.6 is 0 Å². The van der Waals surface area contributed by atoms with E-state index in [4.69, 9.17) is 15.2 Å². The van der Waals surface area contributed by atoms with Gasteiger partial charge in [-0.3, -0.25) is 4.79 Å². The van der Waals surface area contributed by atoms with Gasteiger partial charge in [0, 0.05) is 16.4 Å². The first-order valence-electron chi connectivity index (χ1n) is 18.0. The zero-order valence-corrected chi connectivity index (χ0v) is 30.2. The average molecular weight is 640 g/mol. The van der Waals surface area contributed by atoms with Gasteiger partial charge in [-0.15, -0.1) is 5.10 Å². The lowest BCUT2D eigenvalue weighted by Crippen LogP contribution is -2.69. The number of carboxylic acids is 1. The van der Waals surface area contributed by atoms with Crippen molar-refractivity contribution in [2.45, 2.75) is 125 Å². The molecule has 4 fully saturated rings. The van der Waals surface area contributed by atoms with E-state index < -0.39 is 17.4 Å². The molecular weight excluding hydrogens is 578 g/mol. The fraction of sp³-hybridized carbons (Fsp3) is 0.892. The molecule has 1 saturated heterocycles. The molecule has 2 bridgehead atoms. The Hall–Kier alpha value is -1.84. The van der Waals surface area contributed by atoms with Gasteiger partial charge in [0.05, 0.1) is 37.9 Å². The summed E-state index contributed by atoms with van der Waals surface area (Å²) in [5.74, 6) is 0.696. The molecule has 2 unspecified atom stereocenters. The molecule has 5 aliphatic rings. The molecule has 1 aromatic rings. The number of hydrogen-bond donors (Lipinski definition) is 2. The molecular formula is C37H61N5O4. The smallest absolute Gasteiger partial charge is 0.307 e. The van der Waals surface area contributed by atoms with Crippen molar-refractivity contribution in [1.82, 2.24) is 20.2 Å². The topological polar surface area (TPSA) is 125 Å². The van der Waals surface area contributed by atoms with Gasteiger partial charge < -0.3 is 20.3 Å². The third-order valence-electron chi connectivity index (χ3n) is 15.7. The molecule has 3 N–H and O–H groups in total. The van der Waals surface area contributed by atoms with E-state index in [1.165, 1.54) is 5.57 Å². The normalized spacial score (nSPS) is 45.7. The summed E-state index contributed by atoms with van der Waals surface area (Å²) in [6.45, 7) is 24.3. The van der Waals surface area contributed by atoms with Crippen LogP contribution in [0.15, 0.2) is 18.0 Å². The molecule has 9 heteroatoms. The molecule has 9 nitrogen and oxygen atoms in total. The Kier molecular flexibility index (Phi) is 8.21. The van der Waals surface area contributed by atoms with Gasteiger partial charge in [0.2, 0.25) is 0 Å². The molecule has 258 valence electrons. The molecule has 2 heterocycles. The highest BCUT2D eigenvalue weighted by atomic mass is 16.5. The van der Waals surface area contributed by atoms with E-state index in [0.29, 0.717) is 43.5 Å². The number of rotatable bonds is 8. The van der Waals surface area contributed by atoms with E-state index >= 15 is 0 Å². The van der Waals surface area contributed by atoms with Crippen molar-refractivity contribution in [3.63, 3.8) is 0 Å². The maximum absolute atomic E-state index is 13.4. The summed E-state index contributed by atoms with van der Waals surface area (Å²) >= 11 is 0. The highest BCUT2D eigenvalue weighted by Crippen LogP contribution is 2.75. The largest absolute Gasteiger partial charge is 0.481 e. The third kappa shape index (κ3) is 4.56. The number of allylic oxidation sites excluding steroid dienone is 1. The first kappa shape index (κ1) is 34.0. The van der Waals surface area contributed by atoms with Crippen LogP contribution in [0.5, 0.6) is 0 Å². The summed E-state index contributed by atoms with van der Waals surface area (Å²) < 4.78 is 15.5. The summed E-state index contributed by atoms with van der Waals surface area (Å²) in [5.41, 5.74) is 6.65. The van der Waals surface area contributed by atoms with Gasteiger partial charge in [0.25, 0.3) is 0 Å². The lowest BCUT2D eigenvalue weighted by Gasteiger charge is -2.71. The van der Waals surface area contributed by atoms with Gasteiger partial charge in [-0.25, -0.2) is 4.68 Å². The van der Waals surface area contributed by atoms with Crippen molar-refractivity contribution >= 4 is 5.97 Å². The SMILES string of the molecule is CC(C)[C@@H](C)[C@@]1(C)CC[C@]2(C)[C@H]3CC[C@@H]4C5(COC[C@]4(C)[C@@H](OCC(C)(N)C(C)C)[C@H](n4cnnn4)C5)C3=CC[C@@]2(C)[C@@H]1C(=O)O. The van der Waals surface area contributed by atoms with Crippen molar-refractivity contribution in [3.8, 4) is 0 Å². The summed E-state index contributed by atoms with van der Waals surface area (Å²) in [5, 5.41) is 23.6. The molecule has 46 heavy (non-hydrogen) atoms. The maximum atomic E-state index is 13.4. The first-order chi connectivity index (χ1) is 21.4. The Balaban J connectivity index is 1.43. The van der Waals surface area contributed by atoms with Gasteiger partial charge in [0.15, 0.2) is 0 Å². The van der Waals surface area contributed by atoms with Crippen LogP contribution in [0, 0.1) is 62.6 Å². The average Bonchev–Trinajstić information content (AvgIpc) is 3.51. The number of fused-ring (bicyclic) bond motifs is 3. The van der Waals surface area contributed by atoms with Gasteiger partial charge in [-0.2, -0.15) is 0 Å². The van der Waals surface area contributed by atoms with Crippen LogP contribution in [-0.4, -0.2) is 62.7 Å². The Morgan fingerprint density at radius 1 is 1.13 bits per heavy atom. The van der Waals surface area contributed by atoms with Crippen LogP contribution in [-0.2, 0) is 14.3 Å². The molecule has 6 rings (SSSR count). The molecule has 12 atom stereocenters. The molecule has 4 aliphatic carbocycles. The number of carbonyl (C=O) groups is 1. The van der Waals surface area contributed by atoms with Crippen molar-refractivity contribution in [3.05, 3.63) is 18.0 Å². The van der Waals surface area contributed by atoms with Gasteiger partial charge in [0.1, 0.15) is 6.33 Å². The highest BCUT2D eigenvalue weighted by Gasteiger charge is 2.72. The third-order valence-corrected chi connectivity index (χ3v) is 15.7. The number of nitrogens with zero attached hydrogens (tertiary/aromatic N) is 4. The number of hydrogen-bond acceptors (Lipinski definition) is 7. The number of aliphatic carboxylic acids is 1. The van der Waals surface area contributed by atoms with E-state index in [0.717, 1.165) is 38.5 Å². The van der Waals surface area contributed by atoms with E-state index in [9.17, 15) is 9.90 Å². The Labute approximate surface area is 276 Å². The highest BCUT2D eigenvalue weighted by molar-refractivity contribution is 5.73. The number of carboxylic acid groups (broad SMARTS) is 1. The quantitative estimate of drug-likeness (QED) is 0.306. The van der Waals surface area contributed by atoms with E-state index in [1.807, 2.05) is 4.68 Å². The van der Waals surface area contributed by atoms with E-state index in [2.05, 4.69) is 90.8 Å². The summed E-state index contributed by atoms with van der Waals surface area (Å²) in [6, 6.07) is -0.0582. The lowest BCUT2D eigenvalue weighted by molar-refractivity contribution is -0.252. The number of tetrazole rings is 1. The van der Waals surface area contributed by atoms with E-state index in [1.54, 1.807) is 6.33 Å². The molecule has 3 saturated carbocycles. The first-order valence-corrected chi connectivity index (χ1v) is 18.0. The van der Waals surface area contributed by atoms with Gasteiger partial charge >= 0.3 is 5.97 Å². The van der Waals surface area contributed by atoms with Crippen LogP contribution in [0.3, 0.4) is 0 Å². The zero-order valence-electron chi connectivity index (χ0n) is 30.2. The second-order valence-electron chi connectivity index (χ2n) is 18.3. The number of ether oxygens (including phenoxy) is 2. The van der Waals surface area contributed by atoms with Crippen molar-refractivity contribution in [2.24, 2.45) is 68.3 Å². The number of nitrogens with two attached hydrogens (primary N) is 1. The van der Waals surface area contributed by atoms with Crippen LogP contribution < -0.4 is 5.73 Å². The fourth-order valence-corrected chi connectivity index (χ4v) is 11.9. The van der Waals surface area contributed by atoms with Crippen LogP contribution in [0.1, 0.15) is 114 Å². The minimum atomic E-state index is -0.620. The van der Waals surface area contributed by atoms with Crippen LogP contribution in [0.25, 0.3) is 0 Å². The Morgan fingerprint density at radius 2 is 1.85 bits per heavy atom. The minimum Gasteiger partial charge on any atom is -0.481 e. The predicted molar refractivity (Wildman–Crippen MR) is 178 cm³/mol. The lowest BCUT2D eigenvalue weighted by atomic mass is 9.34. The monoisotopic (exact) mass is 639 g/mol. The standard InChI is InChI=1S/C37H61N5O4/c1-22(2)24(5)32(6)15-16-34(8)25-11-12-28-33(7)18-45-20-37(28,26(25)13-14-35(34,9)29(32)31(43)44)17-27(42-21-39-40-41-42)30(33)46-19-36(10,38)23(3)4/h13,21-25,27-30H,11-12,14-20,38H2,1-10H3,(H,43,44)/t24-,25+,27-,28+,29-,30+,32-,33+,34-,35+,36?,37?/m1/s1. The molecule has 0 radical (unpaired) electrons. The molecule has 0 spiro atoms. The van der Waals surface area contributed by atoms with Crippen LogP contribution in [0.4, 0.5) is 0 Å². The molecule has 1 aliphatic heterocycles. The Morgan fingerprint density at radius 3 is 2.46 bits per heavy atom. The van der Waals surface area contributed by atoms with Crippen molar-refractivity contribution in [1.29, 1.82) is 0 Å². The van der Waals surface area contributed by atoms with Gasteiger partial charge in [-0.1, -0.05) is 74.0 Å². The summed E-state index contributed by atoms with van der Waals surface area (Å²) in [4.78, 5) is 13.4. The minimum absolute atomic E-state index is 0.0582. The molecule has 0 aromatic carbocycles. The Bertz CT molecular complexity index is 1340. The fourth-order valence-electron chi connectivity index (χ4n) is 11.9. The van der Waals surface area contributed by atoms with Crippen molar-refractivity contribution in [2.75, 3.05) is 19.8 Å². The maximum Gasteiger partial charge on any atom is 0.307 e. The van der Waals surface area contributed by atoms with E-state index in [-0.39, 0.29) is 45.1 Å². The summed E-state index contributed by atoms with van der Waals surface area (Å²) in [7, 11) is 0.